The summed E-state index contributed by atoms with van der Waals surface area (Å²) < 4.78 is 5.40. The predicted octanol–water partition coefficient (Wildman–Crippen LogP) is 5.39. The molecular weight excluding hydrogens is 436 g/mol. The SMILES string of the molecule is COc1ccccc1CNC(=O)[C@@H](c1ccccc1)N(Cc1ccc(Cl)cc1)C(=O)C(C)C. The Kier molecular flexibility index (Phi) is 8.50. The Morgan fingerprint density at radius 2 is 1.58 bits per heavy atom. The average Bonchev–Trinajstić information content (AvgIpc) is 2.83. The van der Waals surface area contributed by atoms with Gasteiger partial charge in [-0.15, -0.1) is 0 Å². The summed E-state index contributed by atoms with van der Waals surface area (Å²) in [6.45, 7) is 4.25. The zero-order valence-electron chi connectivity index (χ0n) is 19.1. The summed E-state index contributed by atoms with van der Waals surface area (Å²) in [5, 5.41) is 3.63. The zero-order chi connectivity index (χ0) is 23.8. The van der Waals surface area contributed by atoms with Gasteiger partial charge >= 0.3 is 0 Å². The number of carbonyl (C=O) groups excluding carboxylic acids is 2. The van der Waals surface area contributed by atoms with E-state index < -0.39 is 6.04 Å². The highest BCUT2D eigenvalue weighted by molar-refractivity contribution is 6.30. The smallest absolute Gasteiger partial charge is 0.247 e. The zero-order valence-corrected chi connectivity index (χ0v) is 19.9. The summed E-state index contributed by atoms with van der Waals surface area (Å²) >= 11 is 6.04. The molecule has 5 nitrogen and oxygen atoms in total. The number of hydrogen-bond donors (Lipinski definition) is 1. The van der Waals surface area contributed by atoms with Crippen LogP contribution in [0, 0.1) is 5.92 Å². The second-order valence-electron chi connectivity index (χ2n) is 8.09. The Morgan fingerprint density at radius 1 is 0.939 bits per heavy atom. The van der Waals surface area contributed by atoms with E-state index in [1.54, 1.807) is 24.1 Å². The molecule has 3 aromatic rings. The molecular formula is C27H29ClN2O3. The Hall–Kier alpha value is -3.31. The van der Waals surface area contributed by atoms with Crippen molar-refractivity contribution in [2.75, 3.05) is 7.11 Å². The molecule has 0 saturated carbocycles. The Labute approximate surface area is 200 Å². The summed E-state index contributed by atoms with van der Waals surface area (Å²) in [6.07, 6.45) is 0. The van der Waals surface area contributed by atoms with Gasteiger partial charge in [-0.25, -0.2) is 0 Å². The van der Waals surface area contributed by atoms with E-state index >= 15 is 0 Å². The number of halogens is 1. The molecule has 6 heteroatoms. The van der Waals surface area contributed by atoms with Crippen LogP contribution in [-0.4, -0.2) is 23.8 Å². The van der Waals surface area contributed by atoms with Crippen molar-refractivity contribution in [3.63, 3.8) is 0 Å². The molecule has 172 valence electrons. The number of nitrogens with one attached hydrogen (secondary N) is 1. The fourth-order valence-electron chi connectivity index (χ4n) is 3.65. The minimum Gasteiger partial charge on any atom is -0.496 e. The predicted molar refractivity (Wildman–Crippen MR) is 131 cm³/mol. The first-order valence-corrected chi connectivity index (χ1v) is 11.3. The van der Waals surface area contributed by atoms with Crippen LogP contribution in [0.15, 0.2) is 78.9 Å². The molecule has 0 bridgehead atoms. The van der Waals surface area contributed by atoms with Gasteiger partial charge in [0.15, 0.2) is 0 Å². The van der Waals surface area contributed by atoms with Crippen molar-refractivity contribution in [2.45, 2.75) is 33.0 Å². The van der Waals surface area contributed by atoms with Gasteiger partial charge in [-0.1, -0.05) is 86.1 Å². The molecule has 0 saturated heterocycles. The standard InChI is InChI=1S/C27H29ClN2O3/c1-19(2)27(32)30(18-20-13-15-23(28)16-14-20)25(21-9-5-4-6-10-21)26(31)29-17-22-11-7-8-12-24(22)33-3/h4-16,19,25H,17-18H2,1-3H3,(H,29,31)/t25-/m1/s1. The van der Waals surface area contributed by atoms with Crippen molar-refractivity contribution in [3.8, 4) is 5.75 Å². The highest BCUT2D eigenvalue weighted by Crippen LogP contribution is 2.26. The molecule has 3 aromatic carbocycles. The average molecular weight is 465 g/mol. The molecule has 0 heterocycles. The van der Waals surface area contributed by atoms with Crippen LogP contribution in [-0.2, 0) is 22.7 Å². The van der Waals surface area contributed by atoms with E-state index in [0.717, 1.165) is 16.7 Å². The van der Waals surface area contributed by atoms with Gasteiger partial charge in [0.1, 0.15) is 11.8 Å². The van der Waals surface area contributed by atoms with Crippen LogP contribution in [0.1, 0.15) is 36.6 Å². The molecule has 0 radical (unpaired) electrons. The van der Waals surface area contributed by atoms with Crippen LogP contribution in [0.4, 0.5) is 0 Å². The number of amides is 2. The molecule has 3 rings (SSSR count). The van der Waals surface area contributed by atoms with Crippen molar-refractivity contribution in [2.24, 2.45) is 5.92 Å². The Bertz CT molecular complexity index is 1070. The second kappa shape index (κ2) is 11.5. The molecule has 0 aliphatic carbocycles. The van der Waals surface area contributed by atoms with E-state index in [-0.39, 0.29) is 30.8 Å². The number of nitrogens with zero attached hydrogens (tertiary/aromatic N) is 1. The number of methoxy groups -OCH3 is 1. The first-order valence-electron chi connectivity index (χ1n) is 10.9. The molecule has 0 aliphatic heterocycles. The molecule has 2 amide bonds. The third-order valence-corrected chi connectivity index (χ3v) is 5.62. The van der Waals surface area contributed by atoms with Crippen LogP contribution >= 0.6 is 11.6 Å². The van der Waals surface area contributed by atoms with E-state index in [1.165, 1.54) is 0 Å². The van der Waals surface area contributed by atoms with Crippen LogP contribution in [0.2, 0.25) is 5.02 Å². The molecule has 33 heavy (non-hydrogen) atoms. The molecule has 0 aliphatic rings. The maximum absolute atomic E-state index is 13.6. The van der Waals surface area contributed by atoms with Crippen molar-refractivity contribution >= 4 is 23.4 Å². The van der Waals surface area contributed by atoms with Gasteiger partial charge in [-0.3, -0.25) is 9.59 Å². The number of para-hydroxylation sites is 1. The van der Waals surface area contributed by atoms with Crippen LogP contribution < -0.4 is 10.1 Å². The third-order valence-electron chi connectivity index (χ3n) is 5.36. The normalized spacial score (nSPS) is 11.7. The fraction of sp³-hybridized carbons (Fsp3) is 0.259. The lowest BCUT2D eigenvalue weighted by molar-refractivity contribution is -0.144. The fourth-order valence-corrected chi connectivity index (χ4v) is 3.78. The summed E-state index contributed by atoms with van der Waals surface area (Å²) in [5.74, 6) is 0.0668. The third kappa shape index (κ3) is 6.36. The lowest BCUT2D eigenvalue weighted by atomic mass is 10.0. The molecule has 1 N–H and O–H groups in total. The summed E-state index contributed by atoms with van der Waals surface area (Å²) in [7, 11) is 1.60. The Morgan fingerprint density at radius 3 is 2.21 bits per heavy atom. The van der Waals surface area contributed by atoms with E-state index in [4.69, 9.17) is 16.3 Å². The summed E-state index contributed by atoms with van der Waals surface area (Å²) in [5.41, 5.74) is 2.50. The van der Waals surface area contributed by atoms with Gasteiger partial charge in [0.05, 0.1) is 7.11 Å². The molecule has 0 fully saturated rings. The van der Waals surface area contributed by atoms with Gasteiger partial charge in [0.25, 0.3) is 0 Å². The second-order valence-corrected chi connectivity index (χ2v) is 8.53. The number of benzene rings is 3. The van der Waals surface area contributed by atoms with E-state index in [2.05, 4.69) is 5.32 Å². The van der Waals surface area contributed by atoms with Crippen molar-refractivity contribution in [1.29, 1.82) is 0 Å². The van der Waals surface area contributed by atoms with Crippen LogP contribution in [0.3, 0.4) is 0 Å². The molecule has 1 atom stereocenters. The van der Waals surface area contributed by atoms with Gasteiger partial charge < -0.3 is 15.0 Å². The lowest BCUT2D eigenvalue weighted by Crippen LogP contribution is -2.44. The van der Waals surface area contributed by atoms with Crippen molar-refractivity contribution < 1.29 is 14.3 Å². The minimum atomic E-state index is -0.786. The largest absolute Gasteiger partial charge is 0.496 e. The number of ether oxygens (including phenoxy) is 1. The maximum atomic E-state index is 13.6. The minimum absolute atomic E-state index is 0.105. The maximum Gasteiger partial charge on any atom is 0.247 e. The van der Waals surface area contributed by atoms with Gasteiger partial charge in [0, 0.05) is 29.6 Å². The van der Waals surface area contributed by atoms with Crippen LogP contribution in [0.5, 0.6) is 5.75 Å². The monoisotopic (exact) mass is 464 g/mol. The van der Waals surface area contributed by atoms with Crippen LogP contribution in [0.25, 0.3) is 0 Å². The van der Waals surface area contributed by atoms with E-state index in [0.29, 0.717) is 10.8 Å². The Balaban J connectivity index is 1.94. The van der Waals surface area contributed by atoms with E-state index in [9.17, 15) is 9.59 Å². The van der Waals surface area contributed by atoms with Gasteiger partial charge in [0.2, 0.25) is 11.8 Å². The quantitative estimate of drug-likeness (QED) is 0.461. The summed E-state index contributed by atoms with van der Waals surface area (Å²) in [6, 6.07) is 23.4. The van der Waals surface area contributed by atoms with Crippen molar-refractivity contribution in [3.05, 3.63) is 101 Å². The first-order chi connectivity index (χ1) is 15.9. The number of carbonyl (C=O) groups is 2. The number of rotatable bonds is 9. The van der Waals surface area contributed by atoms with Gasteiger partial charge in [-0.05, 0) is 29.3 Å². The van der Waals surface area contributed by atoms with Gasteiger partial charge in [-0.2, -0.15) is 0 Å². The first kappa shape index (κ1) is 24.3. The topological polar surface area (TPSA) is 58.6 Å². The molecule has 0 unspecified atom stereocenters. The lowest BCUT2D eigenvalue weighted by Gasteiger charge is -2.33. The molecule has 0 aromatic heterocycles. The van der Waals surface area contributed by atoms with Crippen molar-refractivity contribution in [1.82, 2.24) is 10.2 Å². The summed E-state index contributed by atoms with van der Waals surface area (Å²) in [4.78, 5) is 28.5. The molecule has 0 spiro atoms. The van der Waals surface area contributed by atoms with E-state index in [1.807, 2.05) is 80.6 Å². The highest BCUT2D eigenvalue weighted by Gasteiger charge is 2.32. The highest BCUT2D eigenvalue weighted by atomic mass is 35.5. The number of hydrogen-bond acceptors (Lipinski definition) is 3.